The van der Waals surface area contributed by atoms with Crippen molar-refractivity contribution in [1.82, 2.24) is 9.80 Å². The summed E-state index contributed by atoms with van der Waals surface area (Å²) in [6.07, 6.45) is 2.56. The largest absolute Gasteiger partial charge is 0.329 e. The molecule has 18 heavy (non-hydrogen) atoms. The second-order valence-corrected chi connectivity index (χ2v) is 7.91. The highest BCUT2D eigenvalue weighted by Crippen LogP contribution is 2.33. The van der Waals surface area contributed by atoms with Crippen molar-refractivity contribution < 1.29 is 0 Å². The van der Waals surface area contributed by atoms with Crippen molar-refractivity contribution in [3.63, 3.8) is 0 Å². The minimum absolute atomic E-state index is 0.310. The SMILES string of the molecule is CC(C)(C)N1CCN(C2(CN)CCSCC2)CC1. The van der Waals surface area contributed by atoms with E-state index in [0.717, 1.165) is 6.54 Å². The lowest BCUT2D eigenvalue weighted by Crippen LogP contribution is -2.63. The lowest BCUT2D eigenvalue weighted by molar-refractivity contribution is 0.000212. The lowest BCUT2D eigenvalue weighted by atomic mass is 9.89. The highest BCUT2D eigenvalue weighted by molar-refractivity contribution is 7.99. The topological polar surface area (TPSA) is 32.5 Å². The minimum Gasteiger partial charge on any atom is -0.329 e. The lowest BCUT2D eigenvalue weighted by Gasteiger charge is -2.51. The number of rotatable bonds is 2. The quantitative estimate of drug-likeness (QED) is 0.827. The molecule has 2 N–H and O–H groups in total. The van der Waals surface area contributed by atoms with Crippen LogP contribution in [0.4, 0.5) is 0 Å². The van der Waals surface area contributed by atoms with Gasteiger partial charge in [-0.1, -0.05) is 0 Å². The van der Waals surface area contributed by atoms with Gasteiger partial charge >= 0.3 is 0 Å². The molecule has 0 aromatic carbocycles. The smallest absolute Gasteiger partial charge is 0.0348 e. The van der Waals surface area contributed by atoms with Gasteiger partial charge in [0, 0.05) is 43.8 Å². The monoisotopic (exact) mass is 271 g/mol. The number of hydrogen-bond acceptors (Lipinski definition) is 4. The Kier molecular flexibility index (Phi) is 4.63. The minimum atomic E-state index is 0.310. The molecule has 2 heterocycles. The molecule has 0 aromatic rings. The van der Waals surface area contributed by atoms with Crippen LogP contribution in [0.1, 0.15) is 33.6 Å². The number of hydrogen-bond donors (Lipinski definition) is 1. The van der Waals surface area contributed by atoms with Gasteiger partial charge < -0.3 is 5.73 Å². The Hall–Kier alpha value is 0.230. The Morgan fingerprint density at radius 3 is 2.06 bits per heavy atom. The second-order valence-electron chi connectivity index (χ2n) is 6.69. The van der Waals surface area contributed by atoms with Crippen LogP contribution in [0.15, 0.2) is 0 Å². The Balaban J connectivity index is 1.95. The number of nitrogens with zero attached hydrogens (tertiary/aromatic N) is 2. The molecule has 0 unspecified atom stereocenters. The van der Waals surface area contributed by atoms with Crippen LogP contribution in [-0.2, 0) is 0 Å². The van der Waals surface area contributed by atoms with Crippen LogP contribution in [-0.4, -0.2) is 65.1 Å². The summed E-state index contributed by atoms with van der Waals surface area (Å²) in [5.74, 6) is 2.58. The van der Waals surface area contributed by atoms with E-state index in [1.807, 2.05) is 0 Å². The van der Waals surface area contributed by atoms with E-state index in [2.05, 4.69) is 42.3 Å². The Morgan fingerprint density at radius 1 is 1.06 bits per heavy atom. The molecule has 0 amide bonds. The van der Waals surface area contributed by atoms with Gasteiger partial charge in [-0.25, -0.2) is 0 Å². The van der Waals surface area contributed by atoms with Crippen molar-refractivity contribution in [3.05, 3.63) is 0 Å². The maximum Gasteiger partial charge on any atom is 0.0348 e. The predicted molar refractivity (Wildman–Crippen MR) is 81.2 cm³/mol. The standard InChI is InChI=1S/C14H29N3S/c1-13(2,3)16-6-8-17(9-7-16)14(12-15)4-10-18-11-5-14/h4-12,15H2,1-3H3. The van der Waals surface area contributed by atoms with E-state index in [-0.39, 0.29) is 0 Å². The molecule has 0 saturated carbocycles. The van der Waals surface area contributed by atoms with Gasteiger partial charge in [0.05, 0.1) is 0 Å². The molecule has 0 bridgehead atoms. The van der Waals surface area contributed by atoms with E-state index >= 15 is 0 Å². The molecular formula is C14H29N3S. The molecule has 2 saturated heterocycles. The summed E-state index contributed by atoms with van der Waals surface area (Å²) >= 11 is 2.09. The fourth-order valence-electron chi connectivity index (χ4n) is 3.25. The van der Waals surface area contributed by atoms with Gasteiger partial charge in [-0.15, -0.1) is 0 Å². The van der Waals surface area contributed by atoms with Gasteiger partial charge in [-0.3, -0.25) is 9.80 Å². The average molecular weight is 271 g/mol. The third-order valence-corrected chi connectivity index (χ3v) is 5.69. The van der Waals surface area contributed by atoms with E-state index in [0.29, 0.717) is 11.1 Å². The maximum absolute atomic E-state index is 6.12. The number of nitrogens with two attached hydrogens (primary N) is 1. The fourth-order valence-corrected chi connectivity index (χ4v) is 4.51. The molecule has 2 aliphatic rings. The van der Waals surface area contributed by atoms with Gasteiger partial charge in [0.2, 0.25) is 0 Å². The second kappa shape index (κ2) is 5.70. The van der Waals surface area contributed by atoms with E-state index in [1.54, 1.807) is 0 Å². The fraction of sp³-hybridized carbons (Fsp3) is 1.00. The van der Waals surface area contributed by atoms with Crippen molar-refractivity contribution in [1.29, 1.82) is 0 Å². The molecule has 0 aromatic heterocycles. The maximum atomic E-state index is 6.12. The van der Waals surface area contributed by atoms with E-state index < -0.39 is 0 Å². The van der Waals surface area contributed by atoms with Crippen molar-refractivity contribution >= 4 is 11.8 Å². The summed E-state index contributed by atoms with van der Waals surface area (Å²) in [5.41, 5.74) is 6.75. The van der Waals surface area contributed by atoms with Gasteiger partial charge in [0.15, 0.2) is 0 Å². The summed E-state index contributed by atoms with van der Waals surface area (Å²) < 4.78 is 0. The molecule has 4 heteroatoms. The number of piperazine rings is 1. The molecule has 0 spiro atoms. The summed E-state index contributed by atoms with van der Waals surface area (Å²) in [6.45, 7) is 12.6. The molecule has 2 aliphatic heterocycles. The van der Waals surface area contributed by atoms with Crippen molar-refractivity contribution in [2.45, 2.75) is 44.7 Å². The van der Waals surface area contributed by atoms with Gasteiger partial charge in [-0.2, -0.15) is 11.8 Å². The summed E-state index contributed by atoms with van der Waals surface area (Å²) in [6, 6.07) is 0. The van der Waals surface area contributed by atoms with Crippen LogP contribution < -0.4 is 5.73 Å². The van der Waals surface area contributed by atoms with Gasteiger partial charge in [0.1, 0.15) is 0 Å². The van der Waals surface area contributed by atoms with Crippen molar-refractivity contribution in [2.24, 2.45) is 5.73 Å². The Labute approximate surface area is 116 Å². The Bertz CT molecular complexity index is 261. The van der Waals surface area contributed by atoms with Crippen LogP contribution in [0.2, 0.25) is 0 Å². The first kappa shape index (κ1) is 14.6. The number of thioether (sulfide) groups is 1. The molecule has 2 fully saturated rings. The molecule has 0 atom stereocenters. The van der Waals surface area contributed by atoms with Crippen LogP contribution in [0, 0.1) is 0 Å². The zero-order valence-electron chi connectivity index (χ0n) is 12.2. The van der Waals surface area contributed by atoms with E-state index in [1.165, 1.54) is 50.5 Å². The van der Waals surface area contributed by atoms with Gasteiger partial charge in [0.25, 0.3) is 0 Å². The van der Waals surface area contributed by atoms with Crippen molar-refractivity contribution in [2.75, 3.05) is 44.2 Å². The summed E-state index contributed by atoms with van der Waals surface area (Å²) in [4.78, 5) is 5.29. The third-order valence-electron chi connectivity index (χ3n) is 4.70. The predicted octanol–water partition coefficient (Wildman–Crippen LogP) is 1.63. The highest BCUT2D eigenvalue weighted by Gasteiger charge is 2.39. The normalized spacial score (nSPS) is 27.3. The zero-order valence-corrected chi connectivity index (χ0v) is 13.1. The first-order valence-corrected chi connectivity index (χ1v) is 8.41. The first-order valence-electron chi connectivity index (χ1n) is 7.26. The van der Waals surface area contributed by atoms with Gasteiger partial charge in [-0.05, 0) is 45.1 Å². The molecular weight excluding hydrogens is 242 g/mol. The van der Waals surface area contributed by atoms with Crippen LogP contribution >= 0.6 is 11.8 Å². The third kappa shape index (κ3) is 3.03. The highest BCUT2D eigenvalue weighted by atomic mass is 32.2. The summed E-state index contributed by atoms with van der Waals surface area (Å²) in [5, 5.41) is 0. The van der Waals surface area contributed by atoms with Crippen LogP contribution in [0.25, 0.3) is 0 Å². The van der Waals surface area contributed by atoms with E-state index in [9.17, 15) is 0 Å². The van der Waals surface area contributed by atoms with Crippen LogP contribution in [0.3, 0.4) is 0 Å². The van der Waals surface area contributed by atoms with E-state index in [4.69, 9.17) is 5.73 Å². The van der Waals surface area contributed by atoms with Crippen molar-refractivity contribution in [3.8, 4) is 0 Å². The molecule has 0 aliphatic carbocycles. The summed E-state index contributed by atoms with van der Waals surface area (Å²) in [7, 11) is 0. The first-order chi connectivity index (χ1) is 8.48. The molecule has 2 rings (SSSR count). The molecule has 106 valence electrons. The molecule has 3 nitrogen and oxygen atoms in total. The van der Waals surface area contributed by atoms with Crippen LogP contribution in [0.5, 0.6) is 0 Å². The average Bonchev–Trinajstić information content (AvgIpc) is 2.39. The Morgan fingerprint density at radius 2 is 1.61 bits per heavy atom. The zero-order chi connectivity index (χ0) is 13.2. The molecule has 0 radical (unpaired) electrons.